The highest BCUT2D eigenvalue weighted by Crippen LogP contribution is 2.41. The Labute approximate surface area is 209 Å². The minimum absolute atomic E-state index is 0.335. The van der Waals surface area contributed by atoms with E-state index in [2.05, 4.69) is 9.47 Å². The van der Waals surface area contributed by atoms with E-state index in [9.17, 15) is 58.3 Å². The first-order valence-corrected chi connectivity index (χ1v) is 13.0. The van der Waals surface area contributed by atoms with E-state index < -0.39 is 67.0 Å². The minimum atomic E-state index is -6.48. The molecule has 0 saturated carbocycles. The smallest absolute Gasteiger partial charge is 0.465 e. The summed E-state index contributed by atoms with van der Waals surface area (Å²) in [6, 6.07) is 1.50. The van der Waals surface area contributed by atoms with Gasteiger partial charge in [-0.15, -0.1) is 0 Å². The Bertz CT molecular complexity index is 1100. The molecule has 0 aliphatic heterocycles. The third-order valence-electron chi connectivity index (χ3n) is 5.17. The fraction of sp³-hybridized carbons (Fsp3) is 0.476. The summed E-state index contributed by atoms with van der Waals surface area (Å²) in [5, 5.41) is -0.411. The van der Waals surface area contributed by atoms with Crippen molar-refractivity contribution in [2.45, 2.75) is 63.1 Å². The summed E-state index contributed by atoms with van der Waals surface area (Å²) in [5.41, 5.74) is -0.335. The number of alkyl halides is 10. The first-order valence-electron chi connectivity index (χ1n) is 10.1. The lowest BCUT2D eigenvalue weighted by Gasteiger charge is -2.34. The van der Waals surface area contributed by atoms with Gasteiger partial charge in [-0.2, -0.15) is 43.9 Å². The predicted octanol–water partition coefficient (Wildman–Crippen LogP) is 6.45. The molecule has 0 atom stereocenters. The van der Waals surface area contributed by atoms with Crippen molar-refractivity contribution in [1.82, 2.24) is 0 Å². The van der Waals surface area contributed by atoms with Gasteiger partial charge in [0, 0.05) is 6.08 Å². The second-order valence-electron chi connectivity index (χ2n) is 9.14. The topological polar surface area (TPSA) is 78.9 Å². The molecule has 0 spiro atoms. The van der Waals surface area contributed by atoms with Gasteiger partial charge in [-0.1, -0.05) is 26.8 Å². The fourth-order valence-electron chi connectivity index (χ4n) is 1.95. The molecule has 17 heteroatoms. The molecule has 38 heavy (non-hydrogen) atoms. The van der Waals surface area contributed by atoms with Gasteiger partial charge >= 0.3 is 42.1 Å². The van der Waals surface area contributed by atoms with Crippen LogP contribution >= 0.6 is 0 Å². The van der Waals surface area contributed by atoms with Gasteiger partial charge < -0.3 is 13.9 Å². The molecule has 0 fully saturated rings. The SMILES string of the molecule is CC(C)(C)[Si](C)(C)OC(=O)/C=C/c1ccc(OC(=O)C(F)(F)C(F)(F)F)c(OC(=O)C(F)(F)C(F)(F)F)c1. The van der Waals surface area contributed by atoms with Crippen molar-refractivity contribution in [3.8, 4) is 11.5 Å². The largest absolute Gasteiger partial charge is 0.516 e. The summed E-state index contributed by atoms with van der Waals surface area (Å²) in [5.74, 6) is -22.9. The van der Waals surface area contributed by atoms with E-state index in [4.69, 9.17) is 4.43 Å². The van der Waals surface area contributed by atoms with Crippen LogP contribution in [0, 0.1) is 0 Å². The zero-order valence-electron chi connectivity index (χ0n) is 20.1. The number of hydrogen-bond donors (Lipinski definition) is 0. The molecule has 0 N–H and O–H groups in total. The lowest BCUT2D eigenvalue weighted by molar-refractivity contribution is -0.277. The maximum atomic E-state index is 13.3. The van der Waals surface area contributed by atoms with E-state index >= 15 is 0 Å². The number of carbonyl (C=O) groups is 3. The van der Waals surface area contributed by atoms with Crippen LogP contribution in [0.1, 0.15) is 26.3 Å². The lowest BCUT2D eigenvalue weighted by Crippen LogP contribution is -2.47. The van der Waals surface area contributed by atoms with Crippen LogP contribution in [-0.4, -0.2) is 50.4 Å². The highest BCUT2D eigenvalue weighted by Gasteiger charge is 2.66. The Hall–Kier alpha value is -3.11. The molecule has 0 aromatic heterocycles. The van der Waals surface area contributed by atoms with Crippen LogP contribution in [0.2, 0.25) is 18.1 Å². The molecule has 0 bridgehead atoms. The standard InChI is InChI=1S/C21H20F10O6Si/c1-17(2,3)38(4,5)37-14(32)9-7-11-6-8-12(35-15(33)18(22,23)20(26,27)28)13(10-11)36-16(34)19(24,25)21(29,30)31/h6-10H,1-5H3/b9-7+. The summed E-state index contributed by atoms with van der Waals surface area (Å²) in [4.78, 5) is 35.0. The number of ether oxygens (including phenoxy) is 2. The zero-order valence-corrected chi connectivity index (χ0v) is 21.1. The molecule has 0 radical (unpaired) electrons. The molecule has 6 nitrogen and oxygen atoms in total. The maximum Gasteiger partial charge on any atom is 0.465 e. The van der Waals surface area contributed by atoms with E-state index in [1.807, 2.05) is 0 Å². The number of benzene rings is 1. The van der Waals surface area contributed by atoms with Crippen molar-refractivity contribution in [1.29, 1.82) is 0 Å². The highest BCUT2D eigenvalue weighted by molar-refractivity contribution is 6.75. The number of esters is 2. The highest BCUT2D eigenvalue weighted by atomic mass is 28.4. The molecular weight excluding hydrogens is 566 g/mol. The Morgan fingerprint density at radius 2 is 1.16 bits per heavy atom. The van der Waals surface area contributed by atoms with Gasteiger partial charge in [-0.05, 0) is 41.9 Å². The van der Waals surface area contributed by atoms with Crippen LogP contribution in [-0.2, 0) is 18.8 Å². The molecule has 0 heterocycles. The number of rotatable bonds is 7. The second kappa shape index (κ2) is 10.6. The molecule has 0 aliphatic rings. The molecule has 214 valence electrons. The number of carbonyl (C=O) groups excluding carboxylic acids is 3. The van der Waals surface area contributed by atoms with Crippen LogP contribution < -0.4 is 9.47 Å². The predicted molar refractivity (Wildman–Crippen MR) is 112 cm³/mol. The third-order valence-corrected chi connectivity index (χ3v) is 9.50. The van der Waals surface area contributed by atoms with Crippen LogP contribution in [0.3, 0.4) is 0 Å². The van der Waals surface area contributed by atoms with Gasteiger partial charge in [0.25, 0.3) is 8.32 Å². The first kappa shape index (κ1) is 32.9. The van der Waals surface area contributed by atoms with Crippen molar-refractivity contribution in [2.24, 2.45) is 0 Å². The molecule has 1 aromatic rings. The molecule has 0 unspecified atom stereocenters. The van der Waals surface area contributed by atoms with Gasteiger partial charge in [-0.25, -0.2) is 14.4 Å². The number of hydrogen-bond acceptors (Lipinski definition) is 6. The lowest BCUT2D eigenvalue weighted by atomic mass is 10.2. The van der Waals surface area contributed by atoms with Crippen molar-refractivity contribution < 1.29 is 72.2 Å². The van der Waals surface area contributed by atoms with Gasteiger partial charge in [-0.3, -0.25) is 0 Å². The van der Waals surface area contributed by atoms with Crippen LogP contribution in [0.15, 0.2) is 24.3 Å². The van der Waals surface area contributed by atoms with Crippen molar-refractivity contribution >= 4 is 32.3 Å². The minimum Gasteiger partial charge on any atom is -0.516 e. The van der Waals surface area contributed by atoms with Crippen molar-refractivity contribution in [3.05, 3.63) is 29.8 Å². The summed E-state index contributed by atoms with van der Waals surface area (Å²) in [6.45, 7) is 8.82. The molecule has 0 amide bonds. The molecule has 1 rings (SSSR count). The zero-order chi connectivity index (χ0) is 30.1. The van der Waals surface area contributed by atoms with Gasteiger partial charge in [0.15, 0.2) is 11.5 Å². The Kier molecular flexibility index (Phi) is 9.15. The summed E-state index contributed by atoms with van der Waals surface area (Å²) in [6.07, 6.45) is -11.3. The van der Waals surface area contributed by atoms with Crippen molar-refractivity contribution in [2.75, 3.05) is 0 Å². The Morgan fingerprint density at radius 3 is 1.55 bits per heavy atom. The Balaban J connectivity index is 3.42. The van der Waals surface area contributed by atoms with Crippen LogP contribution in [0.25, 0.3) is 6.08 Å². The van der Waals surface area contributed by atoms with Gasteiger partial charge in [0.2, 0.25) is 0 Å². The van der Waals surface area contributed by atoms with E-state index in [1.165, 1.54) is 0 Å². The van der Waals surface area contributed by atoms with E-state index in [1.54, 1.807) is 33.9 Å². The van der Waals surface area contributed by atoms with Gasteiger partial charge in [0.1, 0.15) is 0 Å². The monoisotopic (exact) mass is 586 g/mol. The summed E-state index contributed by atoms with van der Waals surface area (Å²) in [7, 11) is -2.62. The summed E-state index contributed by atoms with van der Waals surface area (Å²) >= 11 is 0. The van der Waals surface area contributed by atoms with Crippen LogP contribution in [0.5, 0.6) is 11.5 Å². The molecule has 1 aromatic carbocycles. The quantitative estimate of drug-likeness (QED) is 0.120. The van der Waals surface area contributed by atoms with Crippen molar-refractivity contribution in [3.63, 3.8) is 0 Å². The molecule has 0 aliphatic carbocycles. The van der Waals surface area contributed by atoms with E-state index in [0.29, 0.717) is 12.1 Å². The third kappa shape index (κ3) is 7.47. The molecular formula is C21H20F10O6Si. The van der Waals surface area contributed by atoms with Gasteiger partial charge in [0.05, 0.1) is 0 Å². The first-order chi connectivity index (χ1) is 16.7. The second-order valence-corrected chi connectivity index (χ2v) is 13.9. The van der Waals surface area contributed by atoms with E-state index in [0.717, 1.165) is 18.2 Å². The van der Waals surface area contributed by atoms with E-state index in [-0.39, 0.29) is 5.56 Å². The van der Waals surface area contributed by atoms with Crippen LogP contribution in [0.4, 0.5) is 43.9 Å². The Morgan fingerprint density at radius 1 is 0.737 bits per heavy atom. The fourth-order valence-corrected chi connectivity index (χ4v) is 2.83. The average molecular weight is 586 g/mol. The number of halogens is 10. The maximum absolute atomic E-state index is 13.3. The average Bonchev–Trinajstić information content (AvgIpc) is 2.70. The summed E-state index contributed by atoms with van der Waals surface area (Å²) < 4.78 is 141. The normalized spacial score (nSPS) is 13.9. The molecule has 0 saturated heterocycles.